The van der Waals surface area contributed by atoms with E-state index in [0.717, 1.165) is 14.9 Å². The fraction of sp³-hybridized carbons (Fsp3) is 0.316. The number of carbonyl (C=O) groups excluding carboxylic acids is 3. The molecule has 1 fully saturated rings. The number of hydrogen-bond donors (Lipinski definition) is 1. The molecule has 0 radical (unpaired) electrons. The number of carboxylic acids is 1. The molecule has 2 atom stereocenters. The largest absolute Gasteiger partial charge is 1.00 e. The summed E-state index contributed by atoms with van der Waals surface area (Å²) in [5, 5.41) is 22.9. The van der Waals surface area contributed by atoms with Gasteiger partial charge in [0.15, 0.2) is 4.34 Å². The number of amides is 2. The second-order valence-corrected chi connectivity index (χ2v) is 10.2. The molecular formula is C19H17N4NaO4S3. The molecule has 156 valence electrons. The zero-order valence-corrected chi connectivity index (χ0v) is 21.3. The van der Waals surface area contributed by atoms with E-state index in [0.29, 0.717) is 17.1 Å². The van der Waals surface area contributed by atoms with Crippen LogP contribution in [-0.4, -0.2) is 55.8 Å². The first-order valence-corrected chi connectivity index (χ1v) is 11.9. The number of fused-ring (bicyclic) bond motifs is 1. The number of carboxylic acid groups (broad SMARTS) is 1. The van der Waals surface area contributed by atoms with Gasteiger partial charge in [0.1, 0.15) is 16.4 Å². The van der Waals surface area contributed by atoms with Crippen molar-refractivity contribution in [3.63, 3.8) is 0 Å². The van der Waals surface area contributed by atoms with Crippen molar-refractivity contribution >= 4 is 52.6 Å². The van der Waals surface area contributed by atoms with Crippen LogP contribution in [0.1, 0.15) is 10.6 Å². The number of nitrogens with zero attached hydrogens (tertiary/aromatic N) is 3. The number of aryl methyl sites for hydroxylation is 1. The van der Waals surface area contributed by atoms with Gasteiger partial charge < -0.3 is 15.2 Å². The van der Waals surface area contributed by atoms with E-state index in [9.17, 15) is 19.5 Å². The summed E-state index contributed by atoms with van der Waals surface area (Å²) in [4.78, 5) is 38.0. The van der Waals surface area contributed by atoms with E-state index in [4.69, 9.17) is 0 Å². The summed E-state index contributed by atoms with van der Waals surface area (Å²) < 4.78 is 0.741. The van der Waals surface area contributed by atoms with Gasteiger partial charge in [0.2, 0.25) is 5.91 Å². The third-order valence-corrected chi connectivity index (χ3v) is 8.04. The first-order valence-electron chi connectivity index (χ1n) is 9.08. The fourth-order valence-corrected chi connectivity index (χ4v) is 6.57. The third-order valence-electron chi connectivity index (χ3n) is 4.64. The van der Waals surface area contributed by atoms with Gasteiger partial charge in [-0.25, -0.2) is 0 Å². The minimum Gasteiger partial charge on any atom is -0.543 e. The van der Waals surface area contributed by atoms with Crippen molar-refractivity contribution in [1.29, 1.82) is 0 Å². The van der Waals surface area contributed by atoms with Crippen LogP contribution in [0.5, 0.6) is 0 Å². The maximum atomic E-state index is 12.7. The molecule has 1 aromatic heterocycles. The van der Waals surface area contributed by atoms with E-state index in [-0.39, 0.29) is 47.6 Å². The van der Waals surface area contributed by atoms with Crippen molar-refractivity contribution in [1.82, 2.24) is 20.4 Å². The van der Waals surface area contributed by atoms with E-state index in [1.165, 1.54) is 39.8 Å². The Balaban J connectivity index is 0.00000272. The Labute approximate surface area is 213 Å². The van der Waals surface area contributed by atoms with Gasteiger partial charge in [0.05, 0.1) is 18.1 Å². The molecule has 12 heteroatoms. The van der Waals surface area contributed by atoms with E-state index in [1.807, 2.05) is 37.3 Å². The molecule has 0 saturated carbocycles. The molecule has 4 rings (SSSR count). The zero-order chi connectivity index (χ0) is 21.3. The van der Waals surface area contributed by atoms with Crippen LogP contribution >= 0.6 is 34.9 Å². The fourth-order valence-electron chi connectivity index (χ4n) is 3.27. The van der Waals surface area contributed by atoms with Gasteiger partial charge in [-0.05, 0) is 18.1 Å². The van der Waals surface area contributed by atoms with Crippen molar-refractivity contribution in [3.8, 4) is 0 Å². The van der Waals surface area contributed by atoms with Crippen molar-refractivity contribution in [3.05, 3.63) is 52.2 Å². The number of aromatic nitrogens is 2. The van der Waals surface area contributed by atoms with Crippen LogP contribution < -0.4 is 40.0 Å². The van der Waals surface area contributed by atoms with Gasteiger partial charge >= 0.3 is 29.6 Å². The maximum absolute atomic E-state index is 12.7. The van der Waals surface area contributed by atoms with Gasteiger partial charge in [-0.3, -0.25) is 14.5 Å². The summed E-state index contributed by atoms with van der Waals surface area (Å²) in [6, 6.07) is 8.49. The van der Waals surface area contributed by atoms with Crippen LogP contribution in [0.15, 0.2) is 45.9 Å². The Hall–Kier alpha value is -1.37. The van der Waals surface area contributed by atoms with Crippen LogP contribution in [0.2, 0.25) is 0 Å². The number of aliphatic carboxylic acids is 1. The Kier molecular flexibility index (Phi) is 8.22. The molecule has 31 heavy (non-hydrogen) atoms. The SMILES string of the molecule is Cc1nnc(SCC2=C(C(=O)[O-])N3C(=O)C(NC(=O)Cc4ccccc4)C3SC2)s1.[Na+]. The zero-order valence-electron chi connectivity index (χ0n) is 16.9. The Morgan fingerprint density at radius 3 is 2.68 bits per heavy atom. The predicted molar refractivity (Wildman–Crippen MR) is 113 cm³/mol. The molecule has 0 aliphatic carbocycles. The van der Waals surface area contributed by atoms with E-state index >= 15 is 0 Å². The molecule has 1 saturated heterocycles. The van der Waals surface area contributed by atoms with Crippen molar-refractivity contribution in [2.75, 3.05) is 11.5 Å². The van der Waals surface area contributed by atoms with Gasteiger partial charge in [-0.1, -0.05) is 53.4 Å². The first-order chi connectivity index (χ1) is 14.4. The second kappa shape index (κ2) is 10.5. The topological polar surface area (TPSA) is 115 Å². The molecule has 0 spiro atoms. The van der Waals surface area contributed by atoms with Crippen LogP contribution in [-0.2, 0) is 20.8 Å². The molecule has 2 aliphatic rings. The summed E-state index contributed by atoms with van der Waals surface area (Å²) in [7, 11) is 0. The van der Waals surface area contributed by atoms with E-state index in [2.05, 4.69) is 15.5 Å². The summed E-state index contributed by atoms with van der Waals surface area (Å²) in [5.41, 5.74) is 1.36. The van der Waals surface area contributed by atoms with Gasteiger partial charge in [-0.2, -0.15) is 0 Å². The molecule has 3 heterocycles. The van der Waals surface area contributed by atoms with Crippen molar-refractivity contribution in [2.45, 2.75) is 29.1 Å². The smallest absolute Gasteiger partial charge is 0.543 e. The predicted octanol–water partition coefficient (Wildman–Crippen LogP) is -2.41. The Bertz CT molecular complexity index is 1030. The van der Waals surface area contributed by atoms with Crippen molar-refractivity contribution < 1.29 is 49.0 Å². The van der Waals surface area contributed by atoms with Crippen LogP contribution in [0.3, 0.4) is 0 Å². The number of benzene rings is 1. The molecule has 2 unspecified atom stereocenters. The summed E-state index contributed by atoms with van der Waals surface area (Å²) in [5.74, 6) is -1.26. The molecule has 1 N–H and O–H groups in total. The number of rotatable bonds is 7. The molecular weight excluding hydrogens is 467 g/mol. The minimum absolute atomic E-state index is 0. The summed E-state index contributed by atoms with van der Waals surface area (Å²) in [6.45, 7) is 1.85. The van der Waals surface area contributed by atoms with Crippen molar-refractivity contribution in [2.24, 2.45) is 0 Å². The number of thioether (sulfide) groups is 2. The monoisotopic (exact) mass is 484 g/mol. The van der Waals surface area contributed by atoms with Crippen LogP contribution in [0.25, 0.3) is 0 Å². The summed E-state index contributed by atoms with van der Waals surface area (Å²) in [6.07, 6.45) is 0.161. The molecule has 2 aliphatic heterocycles. The Morgan fingerprint density at radius 2 is 2.03 bits per heavy atom. The average molecular weight is 485 g/mol. The molecule has 2 aromatic rings. The molecule has 2 amide bonds. The first kappa shape index (κ1) is 24.3. The van der Waals surface area contributed by atoms with Crippen LogP contribution in [0, 0.1) is 6.92 Å². The second-order valence-electron chi connectivity index (χ2n) is 6.73. The molecule has 8 nitrogen and oxygen atoms in total. The Morgan fingerprint density at radius 1 is 1.29 bits per heavy atom. The number of β-lactam (4-membered cyclic amide) rings is 1. The van der Waals surface area contributed by atoms with Gasteiger partial charge in [-0.15, -0.1) is 22.0 Å². The van der Waals surface area contributed by atoms with E-state index in [1.54, 1.807) is 0 Å². The quantitative estimate of drug-likeness (QED) is 0.263. The summed E-state index contributed by atoms with van der Waals surface area (Å²) >= 11 is 4.25. The van der Waals surface area contributed by atoms with Crippen LogP contribution in [0.4, 0.5) is 0 Å². The molecule has 1 aromatic carbocycles. The van der Waals surface area contributed by atoms with Gasteiger partial charge in [0.25, 0.3) is 5.91 Å². The normalized spacial score (nSPS) is 19.9. The molecule has 0 bridgehead atoms. The van der Waals surface area contributed by atoms with Gasteiger partial charge in [0, 0.05) is 11.5 Å². The third kappa shape index (κ3) is 5.35. The minimum atomic E-state index is -1.38. The maximum Gasteiger partial charge on any atom is 1.00 e. The average Bonchev–Trinajstić information content (AvgIpc) is 3.15. The number of nitrogens with one attached hydrogen (secondary N) is 1. The standard InChI is InChI=1S/C19H18N4O4S3.Na/c1-10-21-22-19(30-10)29-9-12-8-28-17-14(16(25)23(17)15(12)18(26)27)20-13(24)7-11-5-3-2-4-6-11;/h2-6,14,17H,7-9H2,1H3,(H,20,24)(H,26,27);/q;+1/p-1. The number of hydrogen-bond acceptors (Lipinski definition) is 9. The number of carbonyl (C=O) groups is 3. The van der Waals surface area contributed by atoms with E-state index < -0.39 is 23.3 Å².